The molecule has 4 fully saturated rings. The predicted octanol–water partition coefficient (Wildman–Crippen LogP) is 3.57. The third-order valence-electron chi connectivity index (χ3n) is 7.40. The molecule has 4 bridgehead atoms. The third kappa shape index (κ3) is 4.90. The number of hydroxylamine groups is 1. The van der Waals surface area contributed by atoms with Crippen LogP contribution >= 0.6 is 0 Å². The summed E-state index contributed by atoms with van der Waals surface area (Å²) in [5.74, 6) is -0.0254. The fraction of sp³-hybridized carbons (Fsp3) is 0.625. The van der Waals surface area contributed by atoms with Gasteiger partial charge in [0, 0.05) is 29.8 Å². The van der Waals surface area contributed by atoms with Gasteiger partial charge in [-0.25, -0.2) is 10.3 Å². The van der Waals surface area contributed by atoms with E-state index in [2.05, 4.69) is 29.8 Å². The van der Waals surface area contributed by atoms with E-state index in [0.29, 0.717) is 41.0 Å². The smallest absolute Gasteiger partial charge is 0.319 e. The van der Waals surface area contributed by atoms with Crippen molar-refractivity contribution in [3.05, 3.63) is 29.8 Å². The molecule has 4 saturated carbocycles. The lowest BCUT2D eigenvalue weighted by molar-refractivity contribution is -0.129. The molecule has 8 heteroatoms. The molecule has 4 atom stereocenters. The second-order valence-corrected chi connectivity index (χ2v) is 11.0. The van der Waals surface area contributed by atoms with E-state index in [-0.39, 0.29) is 23.9 Å². The Bertz CT molecular complexity index is 882. The molecule has 0 radical (unpaired) electrons. The minimum Gasteiger partial charge on any atom is -0.352 e. The van der Waals surface area contributed by atoms with Crippen molar-refractivity contribution in [3.63, 3.8) is 0 Å². The van der Waals surface area contributed by atoms with Crippen LogP contribution in [0.25, 0.3) is 0 Å². The summed E-state index contributed by atoms with van der Waals surface area (Å²) >= 11 is 0. The molecule has 5 N–H and O–H groups in total. The molecule has 5 rings (SSSR count). The lowest BCUT2D eigenvalue weighted by atomic mass is 9.43. The van der Waals surface area contributed by atoms with Gasteiger partial charge in [0.25, 0.3) is 5.91 Å². The summed E-state index contributed by atoms with van der Waals surface area (Å²) in [5, 5.41) is 17.4. The van der Waals surface area contributed by atoms with Gasteiger partial charge in [0.2, 0.25) is 5.91 Å². The second-order valence-electron chi connectivity index (χ2n) is 11.0. The molecule has 174 valence electrons. The highest BCUT2D eigenvalue weighted by atomic mass is 16.5. The molecular weight excluding hydrogens is 408 g/mol. The van der Waals surface area contributed by atoms with E-state index < -0.39 is 5.91 Å². The Morgan fingerprint density at radius 2 is 1.66 bits per heavy atom. The summed E-state index contributed by atoms with van der Waals surface area (Å²) < 4.78 is 0. The van der Waals surface area contributed by atoms with Crippen molar-refractivity contribution in [2.45, 2.75) is 70.8 Å². The van der Waals surface area contributed by atoms with Gasteiger partial charge >= 0.3 is 6.03 Å². The first kappa shape index (κ1) is 22.6. The Balaban J connectivity index is 1.29. The molecule has 0 heterocycles. The summed E-state index contributed by atoms with van der Waals surface area (Å²) in [6.07, 6.45) is 7.58. The molecule has 1 aromatic carbocycles. The summed E-state index contributed by atoms with van der Waals surface area (Å²) in [6, 6.07) is 6.58. The minimum atomic E-state index is -0.482. The number of hydrogen-bond acceptors (Lipinski definition) is 4. The molecule has 0 saturated heterocycles. The van der Waals surface area contributed by atoms with Crippen molar-refractivity contribution >= 4 is 23.5 Å². The number of nitrogens with one attached hydrogen (secondary N) is 4. The van der Waals surface area contributed by atoms with Crippen LogP contribution in [0.3, 0.4) is 0 Å². The average Bonchev–Trinajstić information content (AvgIpc) is 2.68. The largest absolute Gasteiger partial charge is 0.352 e. The second kappa shape index (κ2) is 8.39. The highest BCUT2D eigenvalue weighted by Gasteiger charge is 2.60. The maximum atomic E-state index is 12.8. The molecule has 8 nitrogen and oxygen atoms in total. The van der Waals surface area contributed by atoms with Crippen LogP contribution < -0.4 is 21.4 Å². The van der Waals surface area contributed by atoms with Crippen molar-refractivity contribution in [1.82, 2.24) is 16.1 Å². The molecule has 32 heavy (non-hydrogen) atoms. The topological polar surface area (TPSA) is 120 Å². The fourth-order valence-electron chi connectivity index (χ4n) is 7.30. The van der Waals surface area contributed by atoms with Crippen molar-refractivity contribution in [2.75, 3.05) is 11.9 Å². The number of rotatable bonds is 7. The Kier molecular flexibility index (Phi) is 5.92. The van der Waals surface area contributed by atoms with Crippen LogP contribution in [0.4, 0.5) is 10.5 Å². The van der Waals surface area contributed by atoms with Crippen LogP contribution in [0.15, 0.2) is 24.3 Å². The quantitative estimate of drug-likeness (QED) is 0.252. The molecule has 0 aromatic heterocycles. The number of carbonyl (C=O) groups excluding carboxylic acids is 3. The normalized spacial score (nSPS) is 32.3. The fourth-order valence-corrected chi connectivity index (χ4v) is 7.30. The molecule has 2 unspecified atom stereocenters. The summed E-state index contributed by atoms with van der Waals surface area (Å²) in [4.78, 5) is 36.0. The molecule has 0 aliphatic heterocycles. The standard InChI is InChI=1S/C24H34N4O4/c1-22-10-16-11-23(2,13-22)15-24(12-16,14-22)27-21(31)26-18-7-5-17(6-8-18)20(30)25-9-3-4-19(29)28-32/h5-8,16,32H,3-4,9-15H2,1-2H3,(H,25,30)(H,28,29)(H2,26,27,31)/t16?,22-,23+,24?. The highest BCUT2D eigenvalue weighted by Crippen LogP contribution is 2.66. The number of amides is 4. The van der Waals surface area contributed by atoms with E-state index in [0.717, 1.165) is 19.3 Å². The number of hydrogen-bond donors (Lipinski definition) is 5. The summed E-state index contributed by atoms with van der Waals surface area (Å²) in [7, 11) is 0. The molecule has 1 aromatic rings. The predicted molar refractivity (Wildman–Crippen MR) is 120 cm³/mol. The average molecular weight is 443 g/mol. The van der Waals surface area contributed by atoms with Crippen molar-refractivity contribution in [3.8, 4) is 0 Å². The van der Waals surface area contributed by atoms with E-state index in [9.17, 15) is 14.4 Å². The van der Waals surface area contributed by atoms with E-state index in [4.69, 9.17) is 5.21 Å². The van der Waals surface area contributed by atoms with Crippen LogP contribution in [-0.4, -0.2) is 35.1 Å². The van der Waals surface area contributed by atoms with Crippen molar-refractivity contribution in [2.24, 2.45) is 16.7 Å². The maximum absolute atomic E-state index is 12.8. The Labute approximate surface area is 188 Å². The number of carbonyl (C=O) groups is 3. The van der Waals surface area contributed by atoms with Gasteiger partial charge in [-0.05, 0) is 86.0 Å². The Hall–Kier alpha value is -2.61. The van der Waals surface area contributed by atoms with Crippen LogP contribution in [0.2, 0.25) is 0 Å². The lowest BCUT2D eigenvalue weighted by Crippen LogP contribution is -2.65. The summed E-state index contributed by atoms with van der Waals surface area (Å²) in [5.41, 5.74) is 3.23. The first-order chi connectivity index (χ1) is 15.1. The zero-order chi connectivity index (χ0) is 23.0. The van der Waals surface area contributed by atoms with E-state index in [1.54, 1.807) is 29.7 Å². The zero-order valence-corrected chi connectivity index (χ0v) is 18.9. The van der Waals surface area contributed by atoms with Crippen LogP contribution in [-0.2, 0) is 4.79 Å². The van der Waals surface area contributed by atoms with E-state index >= 15 is 0 Å². The number of urea groups is 1. The lowest BCUT2D eigenvalue weighted by Gasteiger charge is -2.65. The highest BCUT2D eigenvalue weighted by molar-refractivity contribution is 5.95. The number of anilines is 1. The van der Waals surface area contributed by atoms with Gasteiger partial charge in [-0.1, -0.05) is 13.8 Å². The van der Waals surface area contributed by atoms with Crippen LogP contribution in [0.5, 0.6) is 0 Å². The monoisotopic (exact) mass is 442 g/mol. The molecule has 4 aliphatic rings. The minimum absolute atomic E-state index is 0.111. The van der Waals surface area contributed by atoms with Crippen molar-refractivity contribution < 1.29 is 19.6 Å². The van der Waals surface area contributed by atoms with Gasteiger partial charge in [0.15, 0.2) is 0 Å². The van der Waals surface area contributed by atoms with Gasteiger partial charge in [-0.3, -0.25) is 14.8 Å². The Morgan fingerprint density at radius 1 is 1.00 bits per heavy atom. The maximum Gasteiger partial charge on any atom is 0.319 e. The summed E-state index contributed by atoms with van der Waals surface area (Å²) in [6.45, 7) is 5.10. The van der Waals surface area contributed by atoms with Crippen LogP contribution in [0, 0.1) is 16.7 Å². The number of benzene rings is 1. The first-order valence-electron chi connectivity index (χ1n) is 11.5. The van der Waals surface area contributed by atoms with Crippen LogP contribution in [0.1, 0.15) is 75.6 Å². The van der Waals surface area contributed by atoms with Gasteiger partial charge in [0.05, 0.1) is 0 Å². The van der Waals surface area contributed by atoms with E-state index in [1.807, 2.05) is 0 Å². The van der Waals surface area contributed by atoms with Gasteiger partial charge in [0.1, 0.15) is 0 Å². The van der Waals surface area contributed by atoms with E-state index in [1.165, 1.54) is 19.3 Å². The van der Waals surface area contributed by atoms with Gasteiger partial charge in [-0.2, -0.15) is 0 Å². The SMILES string of the molecule is C[C@]12CC3CC(NC(=O)Nc4ccc(C(=O)NCCCC(=O)NO)cc4)(C1)C[C@@](C)(C3)C2. The third-order valence-corrected chi connectivity index (χ3v) is 7.40. The first-order valence-corrected chi connectivity index (χ1v) is 11.5. The molecule has 4 amide bonds. The molecule has 4 aliphatic carbocycles. The zero-order valence-electron chi connectivity index (χ0n) is 18.9. The molecular formula is C24H34N4O4. The molecule has 0 spiro atoms. The van der Waals surface area contributed by atoms with Gasteiger partial charge in [-0.15, -0.1) is 0 Å². The Morgan fingerprint density at radius 3 is 2.25 bits per heavy atom. The van der Waals surface area contributed by atoms with Crippen molar-refractivity contribution in [1.29, 1.82) is 0 Å². The van der Waals surface area contributed by atoms with Gasteiger partial charge < -0.3 is 16.0 Å².